The van der Waals surface area contributed by atoms with Gasteiger partial charge in [-0.3, -0.25) is 9.36 Å². The molecule has 1 aromatic heterocycles. The number of oxazole rings is 1. The fourth-order valence-electron chi connectivity index (χ4n) is 3.14. The highest BCUT2D eigenvalue weighted by Crippen LogP contribution is 2.33. The van der Waals surface area contributed by atoms with Gasteiger partial charge in [0.15, 0.2) is 11.3 Å². The van der Waals surface area contributed by atoms with Crippen LogP contribution in [-0.2, 0) is 11.3 Å². The number of carbonyl (C=O) groups excluding carboxylic acids is 1. The van der Waals surface area contributed by atoms with Crippen LogP contribution in [0.1, 0.15) is 12.8 Å². The number of nitrogens with zero attached hydrogens (tertiary/aromatic N) is 1. The lowest BCUT2D eigenvalue weighted by molar-refractivity contribution is -0.116. The van der Waals surface area contributed by atoms with Crippen molar-refractivity contribution in [3.05, 3.63) is 88.4 Å². The van der Waals surface area contributed by atoms with Crippen LogP contribution in [0.25, 0.3) is 11.1 Å². The number of hydrogen-bond donors (Lipinski definition) is 1. The second-order valence-corrected chi connectivity index (χ2v) is 7.07. The highest BCUT2D eigenvalue weighted by atomic mass is 35.5. The number of hydrogen-bond acceptors (Lipinski definition) is 4. The summed E-state index contributed by atoms with van der Waals surface area (Å²) in [6.45, 7) is 0.390. The van der Waals surface area contributed by atoms with Gasteiger partial charge in [0.25, 0.3) is 0 Å². The standard InChI is InChI=1S/C23H19ClN2O4/c24-16-8-1-4-11-19(16)29-20-12-5-2-9-17(20)25-22(27)14-7-15-26-18-10-3-6-13-21(18)30-23(26)28/h1-6,8-13H,7,14-15H2,(H,25,27). The Balaban J connectivity index is 1.39. The Hall–Kier alpha value is -3.51. The molecule has 30 heavy (non-hydrogen) atoms. The summed E-state index contributed by atoms with van der Waals surface area (Å²) < 4.78 is 12.6. The van der Waals surface area contributed by atoms with E-state index in [4.69, 9.17) is 20.8 Å². The maximum absolute atomic E-state index is 12.5. The molecule has 0 spiro atoms. The molecule has 1 amide bonds. The van der Waals surface area contributed by atoms with Gasteiger partial charge in [-0.05, 0) is 42.8 Å². The van der Waals surface area contributed by atoms with Crippen molar-refractivity contribution in [2.24, 2.45) is 0 Å². The third-order valence-corrected chi connectivity index (χ3v) is 4.89. The molecule has 4 rings (SSSR count). The first-order valence-corrected chi connectivity index (χ1v) is 9.89. The average molecular weight is 423 g/mol. The monoisotopic (exact) mass is 422 g/mol. The third kappa shape index (κ3) is 4.39. The first-order chi connectivity index (χ1) is 14.6. The van der Waals surface area contributed by atoms with Gasteiger partial charge in [-0.1, -0.05) is 48.0 Å². The highest BCUT2D eigenvalue weighted by Gasteiger charge is 2.12. The number of aromatic nitrogens is 1. The lowest BCUT2D eigenvalue weighted by Crippen LogP contribution is -2.17. The van der Waals surface area contributed by atoms with Gasteiger partial charge in [0, 0.05) is 13.0 Å². The number of benzene rings is 3. The van der Waals surface area contributed by atoms with Gasteiger partial charge >= 0.3 is 5.76 Å². The molecule has 0 saturated carbocycles. The number of fused-ring (bicyclic) bond motifs is 1. The van der Waals surface area contributed by atoms with Crippen LogP contribution in [-0.4, -0.2) is 10.5 Å². The van der Waals surface area contributed by atoms with Gasteiger partial charge in [-0.2, -0.15) is 0 Å². The van der Waals surface area contributed by atoms with E-state index in [9.17, 15) is 9.59 Å². The molecule has 0 radical (unpaired) electrons. The summed E-state index contributed by atoms with van der Waals surface area (Å²) in [5.41, 5.74) is 1.81. The molecule has 0 aliphatic rings. The molecule has 1 heterocycles. The van der Waals surface area contributed by atoms with Crippen molar-refractivity contribution in [1.29, 1.82) is 0 Å². The number of ether oxygens (including phenoxy) is 1. The van der Waals surface area contributed by atoms with Gasteiger partial charge < -0.3 is 14.5 Å². The normalized spacial score (nSPS) is 10.8. The number of halogens is 1. The maximum Gasteiger partial charge on any atom is 0.419 e. The van der Waals surface area contributed by atoms with E-state index < -0.39 is 5.76 Å². The Kier molecular flexibility index (Phi) is 5.86. The number of aryl methyl sites for hydroxylation is 1. The molecule has 0 fully saturated rings. The first kappa shape index (κ1) is 19.8. The van der Waals surface area contributed by atoms with Crippen molar-refractivity contribution >= 4 is 34.3 Å². The van der Waals surface area contributed by atoms with Crippen LogP contribution in [0.5, 0.6) is 11.5 Å². The van der Waals surface area contributed by atoms with Gasteiger partial charge in [0.1, 0.15) is 5.75 Å². The lowest BCUT2D eigenvalue weighted by Gasteiger charge is -2.13. The van der Waals surface area contributed by atoms with Crippen molar-refractivity contribution in [1.82, 2.24) is 4.57 Å². The second-order valence-electron chi connectivity index (χ2n) is 6.67. The van der Waals surface area contributed by atoms with Crippen molar-refractivity contribution in [3.8, 4) is 11.5 Å². The topological polar surface area (TPSA) is 73.5 Å². The van der Waals surface area contributed by atoms with Crippen LogP contribution in [0.3, 0.4) is 0 Å². The molecule has 0 atom stereocenters. The van der Waals surface area contributed by atoms with Crippen LogP contribution >= 0.6 is 11.6 Å². The molecule has 0 aliphatic heterocycles. The van der Waals surface area contributed by atoms with E-state index in [1.54, 1.807) is 30.3 Å². The number of nitrogens with one attached hydrogen (secondary N) is 1. The van der Waals surface area contributed by atoms with Crippen molar-refractivity contribution in [2.75, 3.05) is 5.32 Å². The Morgan fingerprint density at radius 2 is 1.67 bits per heavy atom. The fourth-order valence-corrected chi connectivity index (χ4v) is 3.32. The summed E-state index contributed by atoms with van der Waals surface area (Å²) in [5.74, 6) is 0.407. The van der Waals surface area contributed by atoms with E-state index in [1.165, 1.54) is 4.57 Å². The molecule has 0 aliphatic carbocycles. The summed E-state index contributed by atoms with van der Waals surface area (Å²) in [7, 11) is 0. The summed E-state index contributed by atoms with van der Waals surface area (Å²) in [6, 6.07) is 21.5. The number of anilines is 1. The Labute approximate surface area is 177 Å². The maximum atomic E-state index is 12.5. The first-order valence-electron chi connectivity index (χ1n) is 9.51. The summed E-state index contributed by atoms with van der Waals surface area (Å²) >= 11 is 6.16. The zero-order chi connectivity index (χ0) is 20.9. The number of rotatable bonds is 7. The van der Waals surface area contributed by atoms with Crippen molar-refractivity contribution < 1.29 is 13.9 Å². The SMILES string of the molecule is O=C(CCCn1c(=O)oc2ccccc21)Nc1ccccc1Oc1ccccc1Cl. The molecule has 3 aromatic carbocycles. The van der Waals surface area contributed by atoms with Crippen LogP contribution in [0.4, 0.5) is 5.69 Å². The van der Waals surface area contributed by atoms with Gasteiger partial charge in [0.2, 0.25) is 5.91 Å². The summed E-state index contributed by atoms with van der Waals surface area (Å²) in [6.07, 6.45) is 0.731. The second kappa shape index (κ2) is 8.88. The number of carbonyl (C=O) groups is 1. The van der Waals surface area contributed by atoms with E-state index >= 15 is 0 Å². The molecule has 4 aromatic rings. The molecular weight excluding hydrogens is 404 g/mol. The minimum absolute atomic E-state index is 0.175. The Bertz CT molecular complexity index is 1250. The van der Waals surface area contributed by atoms with Crippen LogP contribution < -0.4 is 15.8 Å². The van der Waals surface area contributed by atoms with Gasteiger partial charge in [0.05, 0.1) is 16.2 Å². The van der Waals surface area contributed by atoms with E-state index in [0.29, 0.717) is 40.8 Å². The largest absolute Gasteiger partial charge is 0.454 e. The molecular formula is C23H19ClN2O4. The minimum atomic E-state index is -0.421. The lowest BCUT2D eigenvalue weighted by atomic mass is 10.2. The van der Waals surface area contributed by atoms with E-state index in [2.05, 4.69) is 5.32 Å². The van der Waals surface area contributed by atoms with E-state index in [1.807, 2.05) is 42.5 Å². The predicted octanol–water partition coefficient (Wildman–Crippen LogP) is 5.46. The molecule has 6 nitrogen and oxygen atoms in total. The van der Waals surface area contributed by atoms with Crippen molar-refractivity contribution in [2.45, 2.75) is 19.4 Å². The molecule has 0 unspecified atom stereocenters. The highest BCUT2D eigenvalue weighted by molar-refractivity contribution is 6.32. The molecule has 0 bridgehead atoms. The molecule has 0 saturated heterocycles. The quantitative estimate of drug-likeness (QED) is 0.429. The van der Waals surface area contributed by atoms with Gasteiger partial charge in [-0.15, -0.1) is 0 Å². The fraction of sp³-hybridized carbons (Fsp3) is 0.130. The smallest absolute Gasteiger partial charge is 0.419 e. The van der Waals surface area contributed by atoms with Gasteiger partial charge in [-0.25, -0.2) is 4.79 Å². The summed E-state index contributed by atoms with van der Waals surface area (Å²) in [4.78, 5) is 24.5. The van der Waals surface area contributed by atoms with E-state index in [-0.39, 0.29) is 12.3 Å². The zero-order valence-electron chi connectivity index (χ0n) is 16.0. The van der Waals surface area contributed by atoms with Crippen LogP contribution in [0, 0.1) is 0 Å². The zero-order valence-corrected chi connectivity index (χ0v) is 16.8. The summed E-state index contributed by atoms with van der Waals surface area (Å²) in [5, 5.41) is 3.35. The predicted molar refractivity (Wildman–Crippen MR) is 116 cm³/mol. The van der Waals surface area contributed by atoms with E-state index in [0.717, 1.165) is 5.52 Å². The van der Waals surface area contributed by atoms with Crippen LogP contribution in [0.15, 0.2) is 82.0 Å². The molecule has 1 N–H and O–H groups in total. The number of amides is 1. The van der Waals surface area contributed by atoms with Crippen molar-refractivity contribution in [3.63, 3.8) is 0 Å². The number of para-hydroxylation sites is 5. The van der Waals surface area contributed by atoms with Crippen LogP contribution in [0.2, 0.25) is 5.02 Å². The Morgan fingerprint density at radius 1 is 0.967 bits per heavy atom. The molecule has 7 heteroatoms. The Morgan fingerprint density at radius 3 is 2.50 bits per heavy atom. The molecule has 152 valence electrons. The average Bonchev–Trinajstić information content (AvgIpc) is 3.06. The minimum Gasteiger partial charge on any atom is -0.454 e. The third-order valence-electron chi connectivity index (χ3n) is 4.58.